The van der Waals surface area contributed by atoms with Gasteiger partial charge in [-0.3, -0.25) is 9.59 Å². The molecule has 1 unspecified atom stereocenters. The molecule has 0 bridgehead atoms. The Morgan fingerprint density at radius 2 is 1.95 bits per heavy atom. The SMILES string of the molecule is O=C1C=CCC2(C(=O)Nc3ccccc32)N1CC(F)(F)F. The fourth-order valence-electron chi connectivity index (χ4n) is 2.88. The van der Waals surface area contributed by atoms with Crippen LogP contribution in [0.25, 0.3) is 0 Å². The molecule has 7 heteroatoms. The zero-order valence-electron chi connectivity index (χ0n) is 10.8. The highest BCUT2D eigenvalue weighted by Gasteiger charge is 2.55. The molecule has 0 saturated carbocycles. The highest BCUT2D eigenvalue weighted by Crippen LogP contribution is 2.45. The Hall–Kier alpha value is -2.31. The van der Waals surface area contributed by atoms with E-state index in [-0.39, 0.29) is 6.42 Å². The quantitative estimate of drug-likeness (QED) is 0.863. The lowest BCUT2D eigenvalue weighted by Crippen LogP contribution is -2.57. The number of nitrogens with one attached hydrogen (secondary N) is 1. The summed E-state index contributed by atoms with van der Waals surface area (Å²) < 4.78 is 38.4. The van der Waals surface area contributed by atoms with E-state index in [0.29, 0.717) is 16.2 Å². The molecule has 110 valence electrons. The Kier molecular flexibility index (Phi) is 2.82. The third-order valence-electron chi connectivity index (χ3n) is 3.73. The zero-order chi connectivity index (χ0) is 15.3. The molecule has 21 heavy (non-hydrogen) atoms. The van der Waals surface area contributed by atoms with Crippen LogP contribution >= 0.6 is 0 Å². The third kappa shape index (κ3) is 2.00. The van der Waals surface area contributed by atoms with Crippen molar-refractivity contribution in [3.8, 4) is 0 Å². The second-order valence-electron chi connectivity index (χ2n) is 5.01. The number of anilines is 1. The van der Waals surface area contributed by atoms with Crippen molar-refractivity contribution in [2.24, 2.45) is 0 Å². The Balaban J connectivity index is 2.15. The Bertz CT molecular complexity index is 654. The molecule has 4 nitrogen and oxygen atoms in total. The molecule has 0 aromatic heterocycles. The molecule has 1 N–H and O–H groups in total. The summed E-state index contributed by atoms with van der Waals surface area (Å²) in [6.45, 7) is -1.46. The minimum atomic E-state index is -4.58. The summed E-state index contributed by atoms with van der Waals surface area (Å²) in [6.07, 6.45) is -2.04. The highest BCUT2D eigenvalue weighted by molar-refractivity contribution is 6.09. The highest BCUT2D eigenvalue weighted by atomic mass is 19.4. The molecule has 0 saturated heterocycles. The van der Waals surface area contributed by atoms with Gasteiger partial charge in [0.05, 0.1) is 0 Å². The summed E-state index contributed by atoms with van der Waals surface area (Å²) in [4.78, 5) is 24.9. The third-order valence-corrected chi connectivity index (χ3v) is 3.73. The van der Waals surface area contributed by atoms with Gasteiger partial charge in [-0.1, -0.05) is 24.3 Å². The molecule has 2 aliphatic rings. The molecule has 0 aliphatic carbocycles. The van der Waals surface area contributed by atoms with E-state index in [1.165, 1.54) is 6.08 Å². The minimum absolute atomic E-state index is 0.0255. The number of hydrogen-bond donors (Lipinski definition) is 1. The van der Waals surface area contributed by atoms with Crippen molar-refractivity contribution in [2.75, 3.05) is 11.9 Å². The van der Waals surface area contributed by atoms with Crippen molar-refractivity contribution < 1.29 is 22.8 Å². The van der Waals surface area contributed by atoms with E-state index in [9.17, 15) is 22.8 Å². The Labute approximate surface area is 118 Å². The normalized spacial score (nSPS) is 24.4. The monoisotopic (exact) mass is 296 g/mol. The van der Waals surface area contributed by atoms with Gasteiger partial charge in [-0.2, -0.15) is 13.2 Å². The fourth-order valence-corrected chi connectivity index (χ4v) is 2.88. The van der Waals surface area contributed by atoms with Gasteiger partial charge in [0.1, 0.15) is 6.54 Å². The number of benzene rings is 1. The van der Waals surface area contributed by atoms with Crippen molar-refractivity contribution in [1.82, 2.24) is 4.90 Å². The molecule has 2 aliphatic heterocycles. The molecule has 2 amide bonds. The molecule has 2 heterocycles. The summed E-state index contributed by atoms with van der Waals surface area (Å²) in [7, 11) is 0. The Morgan fingerprint density at radius 1 is 1.24 bits per heavy atom. The fraction of sp³-hybridized carbons (Fsp3) is 0.286. The lowest BCUT2D eigenvalue weighted by molar-refractivity contribution is -0.174. The lowest BCUT2D eigenvalue weighted by atomic mass is 9.83. The zero-order valence-corrected chi connectivity index (χ0v) is 10.8. The maximum absolute atomic E-state index is 12.8. The second kappa shape index (κ2) is 4.34. The Morgan fingerprint density at radius 3 is 2.67 bits per heavy atom. The van der Waals surface area contributed by atoms with Crippen molar-refractivity contribution in [3.05, 3.63) is 42.0 Å². The van der Waals surface area contributed by atoms with Gasteiger partial charge in [-0.25, -0.2) is 0 Å². The minimum Gasteiger partial charge on any atom is -0.323 e. The number of rotatable bonds is 1. The van der Waals surface area contributed by atoms with Gasteiger partial charge in [-0.15, -0.1) is 0 Å². The van der Waals surface area contributed by atoms with Gasteiger partial charge < -0.3 is 10.2 Å². The van der Waals surface area contributed by atoms with Gasteiger partial charge in [-0.05, 0) is 12.1 Å². The van der Waals surface area contributed by atoms with Crippen LogP contribution in [0.5, 0.6) is 0 Å². The first-order valence-corrected chi connectivity index (χ1v) is 6.30. The molecule has 1 spiro atoms. The predicted octanol–water partition coefficient (Wildman–Crippen LogP) is 2.18. The molecule has 0 radical (unpaired) electrons. The average molecular weight is 296 g/mol. The number of halogens is 3. The largest absolute Gasteiger partial charge is 0.406 e. The van der Waals surface area contributed by atoms with E-state index in [1.54, 1.807) is 24.3 Å². The van der Waals surface area contributed by atoms with E-state index in [1.807, 2.05) is 0 Å². The van der Waals surface area contributed by atoms with E-state index in [4.69, 9.17) is 0 Å². The number of para-hydroxylation sites is 1. The van der Waals surface area contributed by atoms with Gasteiger partial charge >= 0.3 is 6.18 Å². The number of fused-ring (bicyclic) bond motifs is 2. The first kappa shape index (κ1) is 13.7. The van der Waals surface area contributed by atoms with Crippen LogP contribution in [0.1, 0.15) is 12.0 Å². The number of hydrogen-bond acceptors (Lipinski definition) is 2. The summed E-state index contributed by atoms with van der Waals surface area (Å²) in [5, 5.41) is 2.56. The van der Waals surface area contributed by atoms with Crippen LogP contribution in [0.2, 0.25) is 0 Å². The smallest absolute Gasteiger partial charge is 0.323 e. The van der Waals surface area contributed by atoms with Crippen LogP contribution in [0.15, 0.2) is 36.4 Å². The molecular formula is C14H11F3N2O2. The van der Waals surface area contributed by atoms with Gasteiger partial charge in [0, 0.05) is 17.7 Å². The summed E-state index contributed by atoms with van der Waals surface area (Å²) in [5.41, 5.74) is -0.771. The molecule has 1 atom stereocenters. The number of carbonyl (C=O) groups excluding carboxylic acids is 2. The standard InChI is InChI=1S/C14H11F3N2O2/c15-14(16,17)8-19-11(20)6-3-7-13(19)9-4-1-2-5-10(9)18-12(13)21/h1-6H,7-8H2,(H,18,21). The van der Waals surface area contributed by atoms with Crippen molar-refractivity contribution >= 4 is 17.5 Å². The second-order valence-corrected chi connectivity index (χ2v) is 5.01. The first-order valence-electron chi connectivity index (χ1n) is 6.30. The number of carbonyl (C=O) groups is 2. The van der Waals surface area contributed by atoms with Crippen molar-refractivity contribution in [2.45, 2.75) is 18.1 Å². The summed E-state index contributed by atoms with van der Waals surface area (Å²) in [6, 6.07) is 6.49. The topological polar surface area (TPSA) is 49.4 Å². The van der Waals surface area contributed by atoms with Crippen LogP contribution in [-0.2, 0) is 15.1 Å². The van der Waals surface area contributed by atoms with E-state index in [0.717, 1.165) is 6.08 Å². The number of amides is 2. The average Bonchev–Trinajstić information content (AvgIpc) is 2.67. The van der Waals surface area contributed by atoms with Crippen LogP contribution in [0.4, 0.5) is 18.9 Å². The number of alkyl halides is 3. The van der Waals surface area contributed by atoms with Crippen LogP contribution in [0, 0.1) is 0 Å². The first-order chi connectivity index (χ1) is 9.84. The summed E-state index contributed by atoms with van der Waals surface area (Å²) >= 11 is 0. The maximum Gasteiger partial charge on any atom is 0.406 e. The lowest BCUT2D eigenvalue weighted by Gasteiger charge is -2.41. The van der Waals surface area contributed by atoms with E-state index in [2.05, 4.69) is 5.32 Å². The van der Waals surface area contributed by atoms with E-state index < -0.39 is 30.1 Å². The van der Waals surface area contributed by atoms with Gasteiger partial charge in [0.15, 0.2) is 5.54 Å². The predicted molar refractivity (Wildman–Crippen MR) is 68.3 cm³/mol. The van der Waals surface area contributed by atoms with Gasteiger partial charge in [0.25, 0.3) is 5.91 Å². The van der Waals surface area contributed by atoms with Crippen LogP contribution in [0.3, 0.4) is 0 Å². The van der Waals surface area contributed by atoms with Crippen molar-refractivity contribution in [1.29, 1.82) is 0 Å². The molecule has 1 aromatic rings. The van der Waals surface area contributed by atoms with E-state index >= 15 is 0 Å². The van der Waals surface area contributed by atoms with Crippen molar-refractivity contribution in [3.63, 3.8) is 0 Å². The van der Waals surface area contributed by atoms with Gasteiger partial charge in [0.2, 0.25) is 5.91 Å². The maximum atomic E-state index is 12.8. The summed E-state index contributed by atoms with van der Waals surface area (Å²) in [5.74, 6) is -1.42. The van der Waals surface area contributed by atoms with Crippen LogP contribution < -0.4 is 5.32 Å². The van der Waals surface area contributed by atoms with Crippen LogP contribution in [-0.4, -0.2) is 29.4 Å². The molecular weight excluding hydrogens is 285 g/mol. The number of nitrogens with zero attached hydrogens (tertiary/aromatic N) is 1. The molecule has 0 fully saturated rings. The molecule has 1 aromatic carbocycles. The molecule has 3 rings (SSSR count).